The van der Waals surface area contributed by atoms with Gasteiger partial charge in [-0.15, -0.1) is 0 Å². The first-order valence-electron chi connectivity index (χ1n) is 11.6. The zero-order chi connectivity index (χ0) is 20.3. The Hall–Kier alpha value is -2.00. The molecule has 0 fully saturated rings. The molecule has 29 heavy (non-hydrogen) atoms. The van der Waals surface area contributed by atoms with E-state index in [9.17, 15) is 0 Å². The van der Waals surface area contributed by atoms with Crippen molar-refractivity contribution in [3.8, 4) is 0 Å². The predicted molar refractivity (Wildman–Crippen MR) is 125 cm³/mol. The summed E-state index contributed by atoms with van der Waals surface area (Å²) in [5, 5.41) is 2.32. The number of fused-ring (bicyclic) bond motifs is 3. The van der Waals surface area contributed by atoms with Crippen molar-refractivity contribution in [1.29, 1.82) is 0 Å². The van der Waals surface area contributed by atoms with Crippen molar-refractivity contribution in [1.82, 2.24) is 14.9 Å². The molecule has 0 N–H and O–H groups in total. The lowest BCUT2D eigenvalue weighted by molar-refractivity contribution is 0.313. The van der Waals surface area contributed by atoms with E-state index >= 15 is 0 Å². The highest BCUT2D eigenvalue weighted by molar-refractivity contribution is 6.02. The van der Waals surface area contributed by atoms with Gasteiger partial charge in [0.15, 0.2) is 0 Å². The molecule has 0 saturated carbocycles. The third-order valence-corrected chi connectivity index (χ3v) is 5.82. The van der Waals surface area contributed by atoms with Gasteiger partial charge in [-0.05, 0) is 32.1 Å². The quantitative estimate of drug-likeness (QED) is 0.229. The molecule has 3 aromatic rings. The molecule has 3 rings (SSSR count). The highest BCUT2D eigenvalue weighted by Crippen LogP contribution is 2.22. The molecule has 1 aromatic carbocycles. The summed E-state index contributed by atoms with van der Waals surface area (Å²) in [5.41, 5.74) is 3.15. The molecule has 3 nitrogen and oxygen atoms in total. The number of benzene rings is 1. The van der Waals surface area contributed by atoms with E-state index in [0.29, 0.717) is 0 Å². The number of hydrogen-bond acceptors (Lipinski definition) is 3. The van der Waals surface area contributed by atoms with Gasteiger partial charge in [0.2, 0.25) is 0 Å². The molecule has 0 aliphatic carbocycles. The van der Waals surface area contributed by atoms with Gasteiger partial charge in [0.05, 0.1) is 16.7 Å². The van der Waals surface area contributed by atoms with Crippen LogP contribution < -0.4 is 0 Å². The van der Waals surface area contributed by atoms with E-state index in [1.807, 2.05) is 12.3 Å². The summed E-state index contributed by atoms with van der Waals surface area (Å²) >= 11 is 0. The fraction of sp³-hybridized carbons (Fsp3) is 0.538. The van der Waals surface area contributed by atoms with Gasteiger partial charge in [-0.2, -0.15) is 0 Å². The summed E-state index contributed by atoms with van der Waals surface area (Å²) in [6, 6.07) is 12.7. The second kappa shape index (κ2) is 11.9. The zero-order valence-electron chi connectivity index (χ0n) is 18.4. The van der Waals surface area contributed by atoms with Gasteiger partial charge in [-0.25, -0.2) is 4.98 Å². The monoisotopic (exact) mass is 391 g/mol. The molecule has 0 atom stereocenters. The highest BCUT2D eigenvalue weighted by Gasteiger charge is 2.06. The first-order valence-corrected chi connectivity index (χ1v) is 11.6. The van der Waals surface area contributed by atoms with Crippen molar-refractivity contribution in [3.05, 3.63) is 48.3 Å². The molecule has 0 spiro atoms. The van der Waals surface area contributed by atoms with E-state index < -0.39 is 0 Å². The zero-order valence-corrected chi connectivity index (χ0v) is 18.4. The number of pyridine rings is 2. The van der Waals surface area contributed by atoms with E-state index in [2.05, 4.69) is 54.2 Å². The topological polar surface area (TPSA) is 29.0 Å². The molecule has 0 amide bonds. The predicted octanol–water partition coefficient (Wildman–Crippen LogP) is 7.14. The molecule has 156 valence electrons. The maximum atomic E-state index is 4.94. The van der Waals surface area contributed by atoms with Gasteiger partial charge in [-0.1, -0.05) is 89.0 Å². The van der Waals surface area contributed by atoms with Gasteiger partial charge in [-0.3, -0.25) is 4.98 Å². The average molecular weight is 392 g/mol. The van der Waals surface area contributed by atoms with Crippen LogP contribution in [0, 0.1) is 0 Å². The standard InChI is InChI=1S/C26H37N3/c1-3-4-5-6-7-8-9-10-11-12-20-29(2)21-24-18-17-23-16-15-22-14-13-19-27-25(22)26(23)28-24/h13-19H,3-12,20-21H2,1-2H3. The average Bonchev–Trinajstić information content (AvgIpc) is 2.75. The van der Waals surface area contributed by atoms with Crippen molar-refractivity contribution in [3.63, 3.8) is 0 Å². The summed E-state index contributed by atoms with van der Waals surface area (Å²) in [7, 11) is 2.21. The van der Waals surface area contributed by atoms with Gasteiger partial charge in [0.25, 0.3) is 0 Å². The molecule has 0 aliphatic rings. The fourth-order valence-electron chi connectivity index (χ4n) is 4.08. The summed E-state index contributed by atoms with van der Waals surface area (Å²) < 4.78 is 0. The maximum Gasteiger partial charge on any atom is 0.0968 e. The van der Waals surface area contributed by atoms with Gasteiger partial charge >= 0.3 is 0 Å². The Morgan fingerprint density at radius 1 is 0.724 bits per heavy atom. The number of hydrogen-bond donors (Lipinski definition) is 0. The first kappa shape index (κ1) is 21.7. The Morgan fingerprint density at radius 3 is 2.07 bits per heavy atom. The normalized spacial score (nSPS) is 11.7. The molecule has 0 saturated heterocycles. The van der Waals surface area contributed by atoms with Crippen LogP contribution in [0.15, 0.2) is 42.6 Å². The number of unbranched alkanes of at least 4 members (excludes halogenated alkanes) is 9. The minimum Gasteiger partial charge on any atom is -0.301 e. The minimum absolute atomic E-state index is 0.899. The van der Waals surface area contributed by atoms with Gasteiger partial charge in [0.1, 0.15) is 0 Å². The van der Waals surface area contributed by atoms with Crippen LogP contribution in [0.25, 0.3) is 21.8 Å². The maximum absolute atomic E-state index is 4.94. The second-order valence-corrected chi connectivity index (χ2v) is 8.43. The Morgan fingerprint density at radius 2 is 1.34 bits per heavy atom. The number of rotatable bonds is 13. The van der Waals surface area contributed by atoms with Crippen LogP contribution >= 0.6 is 0 Å². The van der Waals surface area contributed by atoms with Gasteiger partial charge < -0.3 is 4.90 Å². The van der Waals surface area contributed by atoms with Gasteiger partial charge in [0, 0.05) is 23.5 Å². The Balaban J connectivity index is 1.40. The van der Waals surface area contributed by atoms with E-state index in [-0.39, 0.29) is 0 Å². The van der Waals surface area contributed by atoms with Crippen molar-refractivity contribution >= 4 is 21.8 Å². The van der Waals surface area contributed by atoms with Crippen molar-refractivity contribution in [2.45, 2.75) is 77.7 Å². The lowest BCUT2D eigenvalue weighted by Gasteiger charge is -2.16. The largest absolute Gasteiger partial charge is 0.301 e. The minimum atomic E-state index is 0.899. The van der Waals surface area contributed by atoms with E-state index in [4.69, 9.17) is 4.98 Å². The van der Waals surface area contributed by atoms with Crippen LogP contribution in [0.3, 0.4) is 0 Å². The second-order valence-electron chi connectivity index (χ2n) is 8.43. The van der Waals surface area contributed by atoms with Crippen LogP contribution in [0.1, 0.15) is 76.8 Å². The molecular formula is C26H37N3. The Labute approximate surface area is 176 Å². The van der Waals surface area contributed by atoms with E-state index in [0.717, 1.165) is 40.6 Å². The molecule has 3 heteroatoms. The van der Waals surface area contributed by atoms with Crippen LogP contribution in [-0.2, 0) is 6.54 Å². The molecule has 2 aromatic heterocycles. The molecule has 0 bridgehead atoms. The van der Waals surface area contributed by atoms with Crippen LogP contribution in [-0.4, -0.2) is 28.5 Å². The summed E-state index contributed by atoms with van der Waals surface area (Å²) in [4.78, 5) is 11.9. The Kier molecular flexibility index (Phi) is 8.88. The number of nitrogens with zero attached hydrogens (tertiary/aromatic N) is 3. The van der Waals surface area contributed by atoms with E-state index in [1.54, 1.807) is 0 Å². The lowest BCUT2D eigenvalue weighted by atomic mass is 10.1. The molecule has 0 aliphatic heterocycles. The molecular weight excluding hydrogens is 354 g/mol. The smallest absolute Gasteiger partial charge is 0.0968 e. The van der Waals surface area contributed by atoms with Crippen molar-refractivity contribution in [2.75, 3.05) is 13.6 Å². The SMILES string of the molecule is CCCCCCCCCCCCN(C)Cc1ccc2ccc3cccnc3c2n1. The summed E-state index contributed by atoms with van der Waals surface area (Å²) in [5.74, 6) is 0. The van der Waals surface area contributed by atoms with Crippen LogP contribution in [0.4, 0.5) is 0 Å². The van der Waals surface area contributed by atoms with E-state index in [1.165, 1.54) is 64.2 Å². The van der Waals surface area contributed by atoms with Crippen molar-refractivity contribution < 1.29 is 0 Å². The highest BCUT2D eigenvalue weighted by atomic mass is 15.1. The van der Waals surface area contributed by atoms with Crippen LogP contribution in [0.2, 0.25) is 0 Å². The lowest BCUT2D eigenvalue weighted by Crippen LogP contribution is -2.19. The Bertz CT molecular complexity index is 874. The molecule has 0 unspecified atom stereocenters. The third-order valence-electron chi connectivity index (χ3n) is 5.82. The summed E-state index contributed by atoms with van der Waals surface area (Å²) in [6.07, 6.45) is 15.7. The molecule has 2 heterocycles. The first-order chi connectivity index (χ1) is 14.3. The van der Waals surface area contributed by atoms with Crippen molar-refractivity contribution in [2.24, 2.45) is 0 Å². The number of aromatic nitrogens is 2. The third kappa shape index (κ3) is 6.78. The molecule has 0 radical (unpaired) electrons. The summed E-state index contributed by atoms with van der Waals surface area (Å²) in [6.45, 7) is 4.33. The van der Waals surface area contributed by atoms with Crippen LogP contribution in [0.5, 0.6) is 0 Å². The fourth-order valence-corrected chi connectivity index (χ4v) is 4.08.